The first-order chi connectivity index (χ1) is 10.1. The lowest BCUT2D eigenvalue weighted by atomic mass is 10.3. The predicted molar refractivity (Wildman–Crippen MR) is 79.1 cm³/mol. The second kappa shape index (κ2) is 6.20. The largest absolute Gasteiger partial charge is 0.466 e. The maximum absolute atomic E-state index is 11.6. The highest BCUT2D eigenvalue weighted by Crippen LogP contribution is 2.46. The minimum absolute atomic E-state index is 0.0778. The molecule has 1 saturated carbocycles. The van der Waals surface area contributed by atoms with Gasteiger partial charge in [0.1, 0.15) is 0 Å². The summed E-state index contributed by atoms with van der Waals surface area (Å²) in [6.45, 7) is 10.1. The highest BCUT2D eigenvalue weighted by Gasteiger charge is 2.47. The van der Waals surface area contributed by atoms with E-state index in [1.54, 1.807) is 10.7 Å². The third-order valence-corrected chi connectivity index (χ3v) is 3.44. The van der Waals surface area contributed by atoms with Gasteiger partial charge in [0, 0.05) is 12.1 Å². The Morgan fingerprint density at radius 3 is 2.76 bits per heavy atom. The molecule has 2 heterocycles. The maximum Gasteiger partial charge on any atom is 0.309 e. The van der Waals surface area contributed by atoms with E-state index < -0.39 is 0 Å². The van der Waals surface area contributed by atoms with Gasteiger partial charge in [0.25, 0.3) is 0 Å². The van der Waals surface area contributed by atoms with Crippen LogP contribution in [0.2, 0.25) is 0 Å². The molecule has 2 aromatic rings. The summed E-state index contributed by atoms with van der Waals surface area (Å²) < 4.78 is 6.82. The second-order valence-corrected chi connectivity index (χ2v) is 4.89. The van der Waals surface area contributed by atoms with E-state index in [-0.39, 0.29) is 17.8 Å². The molecule has 6 heteroatoms. The number of aryl methyl sites for hydroxylation is 2. The van der Waals surface area contributed by atoms with E-state index >= 15 is 0 Å². The van der Waals surface area contributed by atoms with Crippen LogP contribution in [0.3, 0.4) is 0 Å². The van der Waals surface area contributed by atoms with Crippen LogP contribution in [0.1, 0.15) is 50.3 Å². The highest BCUT2D eigenvalue weighted by molar-refractivity contribution is 5.77. The van der Waals surface area contributed by atoms with E-state index in [4.69, 9.17) is 4.74 Å². The Balaban J connectivity index is 0.000000774. The molecule has 3 rings (SSSR count). The maximum atomic E-state index is 11.6. The van der Waals surface area contributed by atoms with Crippen LogP contribution in [0, 0.1) is 19.8 Å². The number of carbonyl (C=O) groups is 1. The van der Waals surface area contributed by atoms with Crippen molar-refractivity contribution in [3.8, 4) is 0 Å². The molecule has 0 N–H and O–H groups in total. The number of nitrogens with zero attached hydrogens (tertiary/aromatic N) is 4. The zero-order valence-corrected chi connectivity index (χ0v) is 13.3. The number of esters is 1. The van der Waals surface area contributed by atoms with Crippen molar-refractivity contribution in [3.63, 3.8) is 0 Å². The lowest BCUT2D eigenvalue weighted by Crippen LogP contribution is -2.07. The molecule has 0 saturated heterocycles. The quantitative estimate of drug-likeness (QED) is 0.812. The van der Waals surface area contributed by atoms with E-state index in [2.05, 4.69) is 15.1 Å². The van der Waals surface area contributed by atoms with Crippen LogP contribution < -0.4 is 0 Å². The fourth-order valence-corrected chi connectivity index (χ4v) is 2.26. The normalized spacial score (nSPS) is 19.9. The predicted octanol–water partition coefficient (Wildman–Crippen LogP) is 2.43. The van der Waals surface area contributed by atoms with Gasteiger partial charge < -0.3 is 4.74 Å². The number of carbonyl (C=O) groups excluding carboxylic acids is 1. The van der Waals surface area contributed by atoms with Crippen molar-refractivity contribution >= 4 is 11.6 Å². The average molecular weight is 290 g/mol. The Morgan fingerprint density at radius 2 is 2.14 bits per heavy atom. The zero-order chi connectivity index (χ0) is 15.6. The first-order valence-corrected chi connectivity index (χ1v) is 7.47. The van der Waals surface area contributed by atoms with Crippen LogP contribution in [-0.4, -0.2) is 32.2 Å². The molecule has 0 aromatic carbocycles. The fraction of sp³-hybridized carbons (Fsp3) is 0.600. The van der Waals surface area contributed by atoms with Crippen molar-refractivity contribution < 1.29 is 9.53 Å². The van der Waals surface area contributed by atoms with Crippen molar-refractivity contribution in [3.05, 3.63) is 23.4 Å². The third-order valence-electron chi connectivity index (χ3n) is 3.44. The lowest BCUT2D eigenvalue weighted by molar-refractivity contribution is -0.144. The molecule has 21 heavy (non-hydrogen) atoms. The summed E-state index contributed by atoms with van der Waals surface area (Å²) in [5.74, 6) is 0.596. The Hall–Kier alpha value is -1.98. The van der Waals surface area contributed by atoms with Gasteiger partial charge >= 0.3 is 5.97 Å². The topological polar surface area (TPSA) is 69.4 Å². The van der Waals surface area contributed by atoms with Crippen LogP contribution >= 0.6 is 0 Å². The van der Waals surface area contributed by atoms with E-state index in [1.807, 2.05) is 34.6 Å². The number of rotatable bonds is 3. The van der Waals surface area contributed by atoms with Gasteiger partial charge in [-0.2, -0.15) is 5.10 Å². The number of hydrogen-bond acceptors (Lipinski definition) is 5. The lowest BCUT2D eigenvalue weighted by Gasteiger charge is -1.98. The highest BCUT2D eigenvalue weighted by atomic mass is 16.5. The van der Waals surface area contributed by atoms with Gasteiger partial charge in [-0.1, -0.05) is 13.8 Å². The summed E-state index contributed by atoms with van der Waals surface area (Å²) in [6.07, 6.45) is 2.55. The van der Waals surface area contributed by atoms with Crippen molar-refractivity contribution in [1.82, 2.24) is 19.6 Å². The molecule has 6 nitrogen and oxygen atoms in total. The standard InChI is InChI=1S/C13H16N4O2.C2H6/c1-4-19-13(18)10-5-9(10)11-15-12-8(3)14-6-7(2)17(12)16-11;1-2/h6,9-10H,4-5H2,1-3H3;1-2H3. The summed E-state index contributed by atoms with van der Waals surface area (Å²) in [6, 6.07) is 0. The monoisotopic (exact) mass is 290 g/mol. The Kier molecular flexibility index (Phi) is 4.55. The summed E-state index contributed by atoms with van der Waals surface area (Å²) in [4.78, 5) is 20.4. The number of hydrogen-bond donors (Lipinski definition) is 0. The van der Waals surface area contributed by atoms with Crippen molar-refractivity contribution in [1.29, 1.82) is 0 Å². The van der Waals surface area contributed by atoms with Crippen LogP contribution in [0.5, 0.6) is 0 Å². The molecular weight excluding hydrogens is 268 g/mol. The Labute approximate surface area is 124 Å². The molecule has 0 spiro atoms. The summed E-state index contributed by atoms with van der Waals surface area (Å²) in [5, 5.41) is 4.49. The molecule has 1 aliphatic rings. The van der Waals surface area contributed by atoms with Gasteiger partial charge in [0.15, 0.2) is 11.5 Å². The van der Waals surface area contributed by atoms with Crippen molar-refractivity contribution in [2.75, 3.05) is 6.61 Å². The van der Waals surface area contributed by atoms with Crippen LogP contribution in [0.15, 0.2) is 6.20 Å². The SMILES string of the molecule is CC.CCOC(=O)C1CC1c1nc2c(C)ncc(C)n2n1. The van der Waals surface area contributed by atoms with Gasteiger partial charge in [-0.15, -0.1) is 0 Å². The molecule has 2 atom stereocenters. The summed E-state index contributed by atoms with van der Waals surface area (Å²) in [5.41, 5.74) is 2.55. The van der Waals surface area contributed by atoms with Gasteiger partial charge in [-0.3, -0.25) is 9.78 Å². The first kappa shape index (κ1) is 15.4. The van der Waals surface area contributed by atoms with Crippen molar-refractivity contribution in [2.45, 2.75) is 47.0 Å². The molecule has 1 aliphatic carbocycles. The second-order valence-electron chi connectivity index (χ2n) is 4.89. The summed E-state index contributed by atoms with van der Waals surface area (Å²) >= 11 is 0. The van der Waals surface area contributed by atoms with Crippen LogP contribution in [-0.2, 0) is 9.53 Å². The molecular formula is C15H22N4O2. The molecule has 0 bridgehead atoms. The van der Waals surface area contributed by atoms with Gasteiger partial charge in [-0.05, 0) is 27.2 Å². The van der Waals surface area contributed by atoms with Gasteiger partial charge in [0.05, 0.1) is 23.9 Å². The molecule has 114 valence electrons. The number of ether oxygens (including phenoxy) is 1. The van der Waals surface area contributed by atoms with Gasteiger partial charge in [0.2, 0.25) is 0 Å². The summed E-state index contributed by atoms with van der Waals surface area (Å²) in [7, 11) is 0. The van der Waals surface area contributed by atoms with Crippen LogP contribution in [0.4, 0.5) is 0 Å². The molecule has 0 amide bonds. The zero-order valence-electron chi connectivity index (χ0n) is 13.3. The average Bonchev–Trinajstić information content (AvgIpc) is 3.16. The van der Waals surface area contributed by atoms with Crippen LogP contribution in [0.25, 0.3) is 5.65 Å². The number of fused-ring (bicyclic) bond motifs is 1. The Morgan fingerprint density at radius 1 is 1.43 bits per heavy atom. The Bertz CT molecular complexity index is 611. The molecule has 2 unspecified atom stereocenters. The van der Waals surface area contributed by atoms with E-state index in [9.17, 15) is 4.79 Å². The third kappa shape index (κ3) is 2.89. The number of aromatic nitrogens is 4. The minimum Gasteiger partial charge on any atom is -0.466 e. The first-order valence-electron chi connectivity index (χ1n) is 7.47. The molecule has 1 fully saturated rings. The van der Waals surface area contributed by atoms with E-state index in [0.717, 1.165) is 29.3 Å². The molecule has 0 radical (unpaired) electrons. The smallest absolute Gasteiger partial charge is 0.309 e. The van der Waals surface area contributed by atoms with E-state index in [0.29, 0.717) is 6.61 Å². The molecule has 0 aliphatic heterocycles. The minimum atomic E-state index is -0.141. The van der Waals surface area contributed by atoms with Crippen molar-refractivity contribution in [2.24, 2.45) is 5.92 Å². The van der Waals surface area contributed by atoms with E-state index in [1.165, 1.54) is 0 Å². The van der Waals surface area contributed by atoms with Gasteiger partial charge in [-0.25, -0.2) is 9.50 Å². The molecule has 2 aromatic heterocycles. The fourth-order valence-electron chi connectivity index (χ4n) is 2.26.